The van der Waals surface area contributed by atoms with Crippen LogP contribution in [0.25, 0.3) is 0 Å². The van der Waals surface area contributed by atoms with Crippen LogP contribution in [0.4, 0.5) is 18.9 Å². The summed E-state index contributed by atoms with van der Waals surface area (Å²) < 4.78 is 38.0. The van der Waals surface area contributed by atoms with E-state index in [9.17, 15) is 18.3 Å². The van der Waals surface area contributed by atoms with Gasteiger partial charge in [0.2, 0.25) is 0 Å². The highest BCUT2D eigenvalue weighted by Crippen LogP contribution is 2.33. The minimum atomic E-state index is -4.45. The normalized spacial score (nSPS) is 12.3. The van der Waals surface area contributed by atoms with Crippen LogP contribution in [0, 0.1) is 0 Å². The summed E-state index contributed by atoms with van der Waals surface area (Å²) in [7, 11) is 0. The minimum Gasteiger partial charge on any atom is -0.508 e. The van der Waals surface area contributed by atoms with Gasteiger partial charge in [-0.15, -0.1) is 0 Å². The van der Waals surface area contributed by atoms with Crippen molar-refractivity contribution in [3.8, 4) is 5.75 Å². The molecule has 0 aromatic heterocycles. The van der Waals surface area contributed by atoms with E-state index < -0.39 is 11.7 Å². The molecule has 0 heterocycles. The Kier molecular flexibility index (Phi) is 4.61. The summed E-state index contributed by atoms with van der Waals surface area (Å²) in [5.74, 6) is 0.116. The van der Waals surface area contributed by atoms with E-state index >= 15 is 0 Å². The average molecular weight is 329 g/mol. The molecule has 0 fully saturated rings. The van der Waals surface area contributed by atoms with E-state index in [1.165, 1.54) is 12.1 Å². The largest absolute Gasteiger partial charge is 0.508 e. The Bertz CT molecular complexity index is 697. The third-order valence-electron chi connectivity index (χ3n) is 2.92. The van der Waals surface area contributed by atoms with Gasteiger partial charge in [0.25, 0.3) is 0 Å². The lowest BCUT2D eigenvalue weighted by Gasteiger charge is -2.10. The van der Waals surface area contributed by atoms with Crippen LogP contribution in [-0.4, -0.2) is 10.8 Å². The van der Waals surface area contributed by atoms with Gasteiger partial charge in [0.05, 0.1) is 22.0 Å². The quantitative estimate of drug-likeness (QED) is 0.621. The van der Waals surface area contributed by atoms with Crippen molar-refractivity contribution in [2.24, 2.45) is 5.10 Å². The van der Waals surface area contributed by atoms with E-state index in [0.717, 1.165) is 18.2 Å². The molecule has 0 unspecified atom stereocenters. The fourth-order valence-corrected chi connectivity index (χ4v) is 1.86. The van der Waals surface area contributed by atoms with Gasteiger partial charge < -0.3 is 5.11 Å². The summed E-state index contributed by atoms with van der Waals surface area (Å²) >= 11 is 5.86. The van der Waals surface area contributed by atoms with Crippen molar-refractivity contribution in [1.29, 1.82) is 0 Å². The van der Waals surface area contributed by atoms with Crippen molar-refractivity contribution in [1.82, 2.24) is 0 Å². The zero-order valence-electron chi connectivity index (χ0n) is 11.4. The molecule has 0 saturated heterocycles. The second-order valence-corrected chi connectivity index (χ2v) is 4.96. The van der Waals surface area contributed by atoms with E-state index in [4.69, 9.17) is 11.6 Å². The summed E-state index contributed by atoms with van der Waals surface area (Å²) in [4.78, 5) is 0. The number of rotatable bonds is 3. The molecule has 2 aromatic carbocycles. The molecule has 116 valence electrons. The van der Waals surface area contributed by atoms with Gasteiger partial charge in [-0.1, -0.05) is 11.6 Å². The molecule has 0 bridgehead atoms. The third kappa shape index (κ3) is 3.92. The highest BCUT2D eigenvalue weighted by molar-refractivity contribution is 6.33. The summed E-state index contributed by atoms with van der Waals surface area (Å²) in [6.45, 7) is 1.68. The fourth-order valence-electron chi connectivity index (χ4n) is 1.70. The maximum Gasteiger partial charge on any atom is 0.416 e. The zero-order chi connectivity index (χ0) is 16.3. The molecule has 0 atom stereocenters. The number of alkyl halides is 3. The second-order valence-electron chi connectivity index (χ2n) is 4.55. The van der Waals surface area contributed by atoms with Gasteiger partial charge in [-0.05, 0) is 55.0 Å². The smallest absolute Gasteiger partial charge is 0.416 e. The number of anilines is 1. The van der Waals surface area contributed by atoms with Crippen molar-refractivity contribution in [2.75, 3.05) is 5.43 Å². The van der Waals surface area contributed by atoms with Crippen LogP contribution in [0.5, 0.6) is 5.75 Å². The number of hydrogen-bond donors (Lipinski definition) is 2. The van der Waals surface area contributed by atoms with Crippen molar-refractivity contribution in [2.45, 2.75) is 13.1 Å². The first kappa shape index (κ1) is 16.2. The molecule has 7 heteroatoms. The highest BCUT2D eigenvalue weighted by atomic mass is 35.5. The molecule has 0 aliphatic heterocycles. The molecule has 2 rings (SSSR count). The third-order valence-corrected chi connectivity index (χ3v) is 3.25. The highest BCUT2D eigenvalue weighted by Gasteiger charge is 2.30. The first-order chi connectivity index (χ1) is 10.3. The molecule has 2 aromatic rings. The van der Waals surface area contributed by atoms with Gasteiger partial charge in [-0.3, -0.25) is 5.43 Å². The number of phenols is 1. The van der Waals surface area contributed by atoms with Crippen molar-refractivity contribution in [3.63, 3.8) is 0 Å². The molecular weight excluding hydrogens is 317 g/mol. The van der Waals surface area contributed by atoms with Crippen LogP contribution < -0.4 is 5.43 Å². The van der Waals surface area contributed by atoms with Gasteiger partial charge >= 0.3 is 6.18 Å². The van der Waals surface area contributed by atoms with E-state index in [-0.39, 0.29) is 16.5 Å². The van der Waals surface area contributed by atoms with Gasteiger partial charge in [0.15, 0.2) is 0 Å². The molecular formula is C15H12ClF3N2O. The number of halogens is 4. The van der Waals surface area contributed by atoms with E-state index in [1.807, 2.05) is 0 Å². The van der Waals surface area contributed by atoms with Gasteiger partial charge in [0.1, 0.15) is 5.75 Å². The van der Waals surface area contributed by atoms with Crippen molar-refractivity contribution >= 4 is 23.0 Å². The maximum atomic E-state index is 12.7. The van der Waals surface area contributed by atoms with Gasteiger partial charge in [0, 0.05) is 0 Å². The van der Waals surface area contributed by atoms with Crippen LogP contribution in [0.15, 0.2) is 47.6 Å². The van der Waals surface area contributed by atoms with Gasteiger partial charge in [-0.25, -0.2) is 0 Å². The SMILES string of the molecule is CC(=NNc1cc(C(F)(F)F)ccc1Cl)c1ccc(O)cc1. The number of aromatic hydroxyl groups is 1. The standard InChI is InChI=1S/C15H12ClF3N2O/c1-9(10-2-5-12(22)6-3-10)20-21-14-8-11(15(17,18)19)4-7-13(14)16/h2-8,21-22H,1H3. The Balaban J connectivity index is 2.23. The number of benzene rings is 2. The Morgan fingerprint density at radius 2 is 1.77 bits per heavy atom. The predicted molar refractivity (Wildman–Crippen MR) is 80.4 cm³/mol. The summed E-state index contributed by atoms with van der Waals surface area (Å²) in [5.41, 5.74) is 3.04. The molecule has 0 spiro atoms. The van der Waals surface area contributed by atoms with Crippen LogP contribution in [0.2, 0.25) is 5.02 Å². The Morgan fingerprint density at radius 3 is 2.36 bits per heavy atom. The lowest BCUT2D eigenvalue weighted by atomic mass is 10.1. The number of hydrazone groups is 1. The van der Waals surface area contributed by atoms with E-state index in [1.54, 1.807) is 19.1 Å². The number of nitrogens with zero attached hydrogens (tertiary/aromatic N) is 1. The summed E-state index contributed by atoms with van der Waals surface area (Å²) in [6, 6.07) is 9.24. The molecule has 2 N–H and O–H groups in total. The number of nitrogens with one attached hydrogen (secondary N) is 1. The first-order valence-electron chi connectivity index (χ1n) is 6.24. The van der Waals surface area contributed by atoms with E-state index in [0.29, 0.717) is 11.3 Å². The predicted octanol–water partition coefficient (Wildman–Crippen LogP) is 4.90. The maximum absolute atomic E-state index is 12.7. The summed E-state index contributed by atoms with van der Waals surface area (Å²) in [6.07, 6.45) is -4.45. The topological polar surface area (TPSA) is 44.6 Å². The van der Waals surface area contributed by atoms with E-state index in [2.05, 4.69) is 10.5 Å². The van der Waals surface area contributed by atoms with Crippen molar-refractivity contribution in [3.05, 3.63) is 58.6 Å². The van der Waals surface area contributed by atoms with Crippen LogP contribution in [0.3, 0.4) is 0 Å². The Hall–Kier alpha value is -2.21. The zero-order valence-corrected chi connectivity index (χ0v) is 12.2. The van der Waals surface area contributed by atoms with Crippen LogP contribution in [-0.2, 0) is 6.18 Å². The molecule has 0 aliphatic carbocycles. The molecule has 0 saturated carbocycles. The molecule has 0 amide bonds. The monoisotopic (exact) mass is 328 g/mol. The Morgan fingerprint density at radius 1 is 1.14 bits per heavy atom. The Labute approximate surface area is 130 Å². The minimum absolute atomic E-state index is 0.0645. The fraction of sp³-hybridized carbons (Fsp3) is 0.133. The lowest BCUT2D eigenvalue weighted by Crippen LogP contribution is -2.06. The number of hydrogen-bond acceptors (Lipinski definition) is 3. The first-order valence-corrected chi connectivity index (χ1v) is 6.61. The van der Waals surface area contributed by atoms with Gasteiger partial charge in [-0.2, -0.15) is 18.3 Å². The van der Waals surface area contributed by atoms with Crippen molar-refractivity contribution < 1.29 is 18.3 Å². The molecule has 22 heavy (non-hydrogen) atoms. The second kappa shape index (κ2) is 6.27. The number of phenolic OH excluding ortho intramolecular Hbond substituents is 1. The lowest BCUT2D eigenvalue weighted by molar-refractivity contribution is -0.137. The van der Waals surface area contributed by atoms with Crippen LogP contribution in [0.1, 0.15) is 18.1 Å². The van der Waals surface area contributed by atoms with Crippen LogP contribution >= 0.6 is 11.6 Å². The molecule has 3 nitrogen and oxygen atoms in total. The average Bonchev–Trinajstić information content (AvgIpc) is 2.45. The summed E-state index contributed by atoms with van der Waals surface area (Å²) in [5, 5.41) is 13.4. The molecule has 0 radical (unpaired) electrons. The molecule has 0 aliphatic rings.